The Morgan fingerprint density at radius 3 is 2.52 bits per heavy atom. The van der Waals surface area contributed by atoms with Gasteiger partial charge in [-0.2, -0.15) is 0 Å². The molecule has 2 amide bonds. The minimum absolute atomic E-state index is 0. The van der Waals surface area contributed by atoms with Crippen LogP contribution in [0.25, 0.3) is 0 Å². The largest absolute Gasteiger partial charge is 1.00 e. The standard InChI is InChI=1S/C14H20N2O5S.Li/c1-7(2)11-9-6-10(22(21)5-4-15-8(3)17)12(14(19)20)16(9)13(11)18;/h7,9,11H,4-6H2,1-3H3,(H,15,17)(H,19,20);/q;+1/p-1. The fourth-order valence-corrected chi connectivity index (χ4v) is 4.36. The van der Waals surface area contributed by atoms with Crippen LogP contribution in [0.15, 0.2) is 10.6 Å². The maximum atomic E-state index is 12.3. The van der Waals surface area contributed by atoms with Gasteiger partial charge in [0.15, 0.2) is 4.91 Å². The Balaban J connectivity index is 0.00000264. The Morgan fingerprint density at radius 2 is 2.04 bits per heavy atom. The summed E-state index contributed by atoms with van der Waals surface area (Å²) in [6.07, 6.45) is 0.296. The summed E-state index contributed by atoms with van der Waals surface area (Å²) >= 11 is -1.56. The molecule has 0 aromatic rings. The molecule has 2 rings (SSSR count). The monoisotopic (exact) mass is 334 g/mol. The second-order valence-corrected chi connectivity index (χ2v) is 7.43. The minimum atomic E-state index is -1.56. The van der Waals surface area contributed by atoms with Gasteiger partial charge in [-0.25, -0.2) is 0 Å². The maximum Gasteiger partial charge on any atom is 1.00 e. The number of hydrogen-bond donors (Lipinski definition) is 1. The average Bonchev–Trinajstić information content (AvgIpc) is 2.72. The molecule has 7 nitrogen and oxygen atoms in total. The normalized spacial score (nSPS) is 24.0. The number of nitrogens with zero attached hydrogens (tertiary/aromatic N) is 1. The van der Waals surface area contributed by atoms with Crippen LogP contribution >= 0.6 is 0 Å². The van der Waals surface area contributed by atoms with Crippen LogP contribution in [0.4, 0.5) is 0 Å². The first-order valence-corrected chi connectivity index (χ1v) is 8.48. The van der Waals surface area contributed by atoms with Gasteiger partial charge in [-0.05, 0) is 17.1 Å². The van der Waals surface area contributed by atoms with Crippen LogP contribution in [-0.2, 0) is 25.6 Å². The fourth-order valence-electron chi connectivity index (χ4n) is 3.07. The number of carboxylic acids is 1. The van der Waals surface area contributed by atoms with Gasteiger partial charge in [-0.15, -0.1) is 0 Å². The van der Waals surface area contributed by atoms with E-state index in [1.165, 1.54) is 11.8 Å². The van der Waals surface area contributed by atoms with Gasteiger partial charge >= 0.3 is 18.9 Å². The van der Waals surface area contributed by atoms with Crippen molar-refractivity contribution in [2.24, 2.45) is 11.8 Å². The fraction of sp³-hybridized carbons (Fsp3) is 0.643. The molecule has 2 aliphatic rings. The quantitative estimate of drug-likeness (QED) is 0.300. The molecule has 1 saturated heterocycles. The van der Waals surface area contributed by atoms with Crippen LogP contribution in [-0.4, -0.2) is 45.6 Å². The Labute approximate surface area is 150 Å². The van der Waals surface area contributed by atoms with Crippen LogP contribution < -0.4 is 29.3 Å². The van der Waals surface area contributed by atoms with Gasteiger partial charge in [-0.1, -0.05) is 13.8 Å². The number of aliphatic carboxylic acids is 1. The minimum Gasteiger partial charge on any atom is -0.612 e. The van der Waals surface area contributed by atoms with Crippen LogP contribution in [0.3, 0.4) is 0 Å². The van der Waals surface area contributed by atoms with Crippen molar-refractivity contribution in [2.75, 3.05) is 12.3 Å². The van der Waals surface area contributed by atoms with Crippen molar-refractivity contribution in [3.8, 4) is 0 Å². The molecule has 0 spiro atoms. The molecule has 0 radical (unpaired) electrons. The predicted molar refractivity (Wildman–Crippen MR) is 77.3 cm³/mol. The summed E-state index contributed by atoms with van der Waals surface area (Å²) in [5, 5.41) is 13.9. The van der Waals surface area contributed by atoms with E-state index in [9.17, 15) is 24.0 Å². The van der Waals surface area contributed by atoms with E-state index in [1.807, 2.05) is 13.8 Å². The van der Waals surface area contributed by atoms with E-state index >= 15 is 0 Å². The Hall–Kier alpha value is -0.943. The molecule has 0 bridgehead atoms. The second-order valence-electron chi connectivity index (χ2n) is 5.84. The summed E-state index contributed by atoms with van der Waals surface area (Å²) in [5.74, 6) is -1.97. The molecule has 1 N–H and O–H groups in total. The average molecular weight is 334 g/mol. The maximum absolute atomic E-state index is 12.3. The number of fused-ring (bicyclic) bond motifs is 1. The molecule has 2 aliphatic heterocycles. The van der Waals surface area contributed by atoms with Crippen molar-refractivity contribution in [1.29, 1.82) is 0 Å². The van der Waals surface area contributed by atoms with E-state index in [1.54, 1.807) is 0 Å². The molecule has 2 heterocycles. The molecule has 122 valence electrons. The molecule has 3 atom stereocenters. The number of hydrogen-bond acceptors (Lipinski definition) is 5. The first-order chi connectivity index (χ1) is 10.3. The first-order valence-electron chi connectivity index (χ1n) is 7.16. The molecule has 0 saturated carbocycles. The second kappa shape index (κ2) is 7.75. The van der Waals surface area contributed by atoms with E-state index in [2.05, 4.69) is 5.32 Å². The molecule has 0 aromatic heterocycles. The van der Waals surface area contributed by atoms with Gasteiger partial charge < -0.3 is 24.7 Å². The van der Waals surface area contributed by atoms with Crippen molar-refractivity contribution in [3.63, 3.8) is 0 Å². The Bertz CT molecular complexity index is 551. The zero-order chi connectivity index (χ0) is 16.6. The Kier molecular flexibility index (Phi) is 6.78. The number of amides is 2. The third-order valence-electron chi connectivity index (χ3n) is 4.02. The first kappa shape index (κ1) is 20.1. The van der Waals surface area contributed by atoms with Gasteiger partial charge in [0.2, 0.25) is 11.8 Å². The van der Waals surface area contributed by atoms with E-state index in [0.717, 1.165) is 0 Å². The predicted octanol–water partition coefficient (Wildman–Crippen LogP) is -4.28. The van der Waals surface area contributed by atoms with Crippen LogP contribution in [0.1, 0.15) is 27.2 Å². The van der Waals surface area contributed by atoms with Crippen molar-refractivity contribution >= 4 is 29.0 Å². The number of nitrogens with one attached hydrogen (secondary N) is 1. The summed E-state index contributed by atoms with van der Waals surface area (Å²) in [6, 6.07) is -0.236. The van der Waals surface area contributed by atoms with E-state index in [4.69, 9.17) is 0 Å². The number of carbonyl (C=O) groups excluding carboxylic acids is 3. The van der Waals surface area contributed by atoms with E-state index in [0.29, 0.717) is 6.42 Å². The molecular weight excluding hydrogens is 315 g/mol. The van der Waals surface area contributed by atoms with Crippen LogP contribution in [0.5, 0.6) is 0 Å². The molecule has 23 heavy (non-hydrogen) atoms. The SMILES string of the molecule is CC(=O)NCC[S+]([O-])C1=C(C(=O)[O-])N2C(=O)C(C(C)C)C2C1.[Li+]. The van der Waals surface area contributed by atoms with Crippen molar-refractivity contribution in [3.05, 3.63) is 10.6 Å². The number of carbonyl (C=O) groups is 3. The van der Waals surface area contributed by atoms with E-state index < -0.39 is 17.1 Å². The van der Waals surface area contributed by atoms with Crippen molar-refractivity contribution < 1.29 is 42.9 Å². The molecule has 9 heteroatoms. The topological polar surface area (TPSA) is 113 Å². The third kappa shape index (κ3) is 3.77. The zero-order valence-electron chi connectivity index (χ0n) is 13.8. The Morgan fingerprint density at radius 1 is 1.43 bits per heavy atom. The molecule has 1 fully saturated rings. The summed E-state index contributed by atoms with van der Waals surface area (Å²) in [6.45, 7) is 5.36. The van der Waals surface area contributed by atoms with E-state index in [-0.39, 0.29) is 71.5 Å². The van der Waals surface area contributed by atoms with Gasteiger partial charge in [0.05, 0.1) is 24.5 Å². The smallest absolute Gasteiger partial charge is 0.612 e. The summed E-state index contributed by atoms with van der Waals surface area (Å²) in [5.41, 5.74) is -0.243. The van der Waals surface area contributed by atoms with Crippen molar-refractivity contribution in [2.45, 2.75) is 33.2 Å². The number of rotatable bonds is 6. The number of carboxylic acid groups (broad SMARTS) is 1. The van der Waals surface area contributed by atoms with Crippen LogP contribution in [0, 0.1) is 11.8 Å². The van der Waals surface area contributed by atoms with Crippen LogP contribution in [0.2, 0.25) is 0 Å². The summed E-state index contributed by atoms with van der Waals surface area (Å²) in [7, 11) is 0. The number of β-lactam (4-membered cyclic amide) rings is 1. The van der Waals surface area contributed by atoms with Gasteiger partial charge in [0.1, 0.15) is 11.4 Å². The van der Waals surface area contributed by atoms with Gasteiger partial charge in [-0.3, -0.25) is 9.59 Å². The molecule has 0 aliphatic carbocycles. The van der Waals surface area contributed by atoms with Gasteiger partial charge in [0, 0.05) is 13.3 Å². The summed E-state index contributed by atoms with van der Waals surface area (Å²) < 4.78 is 12.3. The summed E-state index contributed by atoms with van der Waals surface area (Å²) in [4.78, 5) is 35.7. The molecular formula is C14H19LiN2O5S. The van der Waals surface area contributed by atoms with Gasteiger partial charge in [0.25, 0.3) is 0 Å². The van der Waals surface area contributed by atoms with Crippen molar-refractivity contribution in [1.82, 2.24) is 10.2 Å². The third-order valence-corrected chi connectivity index (χ3v) is 5.50. The molecule has 3 unspecified atom stereocenters. The zero-order valence-corrected chi connectivity index (χ0v) is 14.6. The molecule has 0 aromatic carbocycles.